The summed E-state index contributed by atoms with van der Waals surface area (Å²) in [6.07, 6.45) is -0.0672. The molecule has 2 aromatic rings. The minimum absolute atomic E-state index is 0.0458. The molecule has 0 aliphatic carbocycles. The molecule has 0 amide bonds. The third kappa shape index (κ3) is 4.79. The summed E-state index contributed by atoms with van der Waals surface area (Å²) >= 11 is 0. The Morgan fingerprint density at radius 1 is 1.00 bits per heavy atom. The number of alkyl halides is 3. The Morgan fingerprint density at radius 2 is 1.67 bits per heavy atom. The Bertz CT molecular complexity index is 687. The molecule has 0 spiro atoms. The van der Waals surface area contributed by atoms with Crippen LogP contribution >= 0.6 is 0 Å². The van der Waals surface area contributed by atoms with Gasteiger partial charge in [0, 0.05) is 18.1 Å². The van der Waals surface area contributed by atoms with Gasteiger partial charge in [-0.2, -0.15) is 13.2 Å². The van der Waals surface area contributed by atoms with E-state index in [0.29, 0.717) is 12.0 Å². The van der Waals surface area contributed by atoms with Crippen molar-refractivity contribution in [1.82, 2.24) is 9.97 Å². The normalized spacial score (nSPS) is 13.8. The van der Waals surface area contributed by atoms with Crippen LogP contribution in [0.15, 0.2) is 36.7 Å². The van der Waals surface area contributed by atoms with Crippen LogP contribution in [0.5, 0.6) is 0 Å². The molecule has 2 nitrogen and oxygen atoms in total. The lowest BCUT2D eigenvalue weighted by Gasteiger charge is -2.21. The molecule has 0 aromatic carbocycles. The number of aromatic nitrogens is 2. The maximum Gasteiger partial charge on any atom is 0.433 e. The minimum Gasteiger partial charge on any atom is -0.261 e. The maximum absolute atomic E-state index is 12.7. The van der Waals surface area contributed by atoms with E-state index >= 15 is 0 Å². The van der Waals surface area contributed by atoms with Gasteiger partial charge in [0.1, 0.15) is 5.69 Å². The molecule has 2 rings (SSSR count). The van der Waals surface area contributed by atoms with E-state index in [9.17, 15) is 13.2 Å². The Morgan fingerprint density at radius 3 is 2.29 bits per heavy atom. The molecule has 0 fully saturated rings. The zero-order chi connectivity index (χ0) is 18.0. The van der Waals surface area contributed by atoms with E-state index in [4.69, 9.17) is 0 Å². The fraction of sp³-hybridized carbons (Fsp3) is 0.474. The Balaban J connectivity index is 2.07. The van der Waals surface area contributed by atoms with Gasteiger partial charge in [0.05, 0.1) is 0 Å². The van der Waals surface area contributed by atoms with Crippen LogP contribution in [-0.2, 0) is 18.0 Å². The molecule has 0 bridgehead atoms. The second kappa shape index (κ2) is 6.91. The van der Waals surface area contributed by atoms with E-state index in [2.05, 4.69) is 43.7 Å². The lowest BCUT2D eigenvalue weighted by Crippen LogP contribution is -2.12. The first-order valence-electron chi connectivity index (χ1n) is 8.06. The molecule has 1 atom stereocenters. The van der Waals surface area contributed by atoms with Crippen LogP contribution in [0, 0.1) is 0 Å². The zero-order valence-corrected chi connectivity index (χ0v) is 14.5. The summed E-state index contributed by atoms with van der Waals surface area (Å²) in [6, 6.07) is 6.87. The molecule has 0 saturated heterocycles. The van der Waals surface area contributed by atoms with Crippen molar-refractivity contribution in [3.05, 3.63) is 59.2 Å². The minimum atomic E-state index is -4.40. The van der Waals surface area contributed by atoms with Gasteiger partial charge >= 0.3 is 6.18 Å². The smallest absolute Gasteiger partial charge is 0.261 e. The van der Waals surface area contributed by atoms with Crippen molar-refractivity contribution < 1.29 is 13.2 Å². The van der Waals surface area contributed by atoms with Crippen molar-refractivity contribution in [3.8, 4) is 0 Å². The van der Waals surface area contributed by atoms with Crippen molar-refractivity contribution in [2.24, 2.45) is 0 Å². The molecule has 2 aromatic heterocycles. The molecular formula is C19H23F3N2. The fourth-order valence-corrected chi connectivity index (χ4v) is 2.50. The van der Waals surface area contributed by atoms with Gasteiger partial charge in [-0.1, -0.05) is 27.7 Å². The summed E-state index contributed by atoms with van der Waals surface area (Å²) in [6.45, 7) is 8.49. The Kier molecular flexibility index (Phi) is 5.31. The van der Waals surface area contributed by atoms with Gasteiger partial charge < -0.3 is 0 Å². The van der Waals surface area contributed by atoms with E-state index < -0.39 is 11.9 Å². The second-order valence-corrected chi connectivity index (χ2v) is 7.21. The largest absolute Gasteiger partial charge is 0.433 e. The highest BCUT2D eigenvalue weighted by Gasteiger charge is 2.32. The van der Waals surface area contributed by atoms with Crippen LogP contribution < -0.4 is 0 Å². The lowest BCUT2D eigenvalue weighted by molar-refractivity contribution is -0.141. The predicted molar refractivity (Wildman–Crippen MR) is 88.9 cm³/mol. The third-order valence-corrected chi connectivity index (χ3v) is 4.13. The third-order valence-electron chi connectivity index (χ3n) is 4.13. The summed E-state index contributed by atoms with van der Waals surface area (Å²) < 4.78 is 38.1. The number of hydrogen-bond donors (Lipinski definition) is 0. The molecule has 0 aliphatic rings. The first-order valence-corrected chi connectivity index (χ1v) is 8.06. The van der Waals surface area contributed by atoms with Crippen molar-refractivity contribution in [1.29, 1.82) is 0 Å². The Hall–Kier alpha value is -1.91. The monoisotopic (exact) mass is 336 g/mol. The van der Waals surface area contributed by atoms with Crippen molar-refractivity contribution in [2.75, 3.05) is 0 Å². The topological polar surface area (TPSA) is 25.8 Å². The van der Waals surface area contributed by atoms with Crippen LogP contribution in [0.4, 0.5) is 13.2 Å². The lowest BCUT2D eigenvalue weighted by atomic mass is 9.86. The molecule has 130 valence electrons. The second-order valence-electron chi connectivity index (χ2n) is 7.21. The number of rotatable bonds is 4. The molecule has 1 unspecified atom stereocenters. The first-order chi connectivity index (χ1) is 11.1. The number of pyridine rings is 2. The number of nitrogens with zero attached hydrogens (tertiary/aromatic N) is 2. The Labute approximate surface area is 141 Å². The van der Waals surface area contributed by atoms with Gasteiger partial charge in [-0.05, 0) is 59.6 Å². The maximum atomic E-state index is 12.7. The SMILES string of the molecule is CC(CCc1ccnc(C(F)(F)F)c1)c1cc(C(C)(C)C)ccn1. The van der Waals surface area contributed by atoms with Crippen LogP contribution in [0.1, 0.15) is 62.5 Å². The molecule has 0 N–H and O–H groups in total. The molecule has 5 heteroatoms. The fourth-order valence-electron chi connectivity index (χ4n) is 2.50. The number of hydrogen-bond acceptors (Lipinski definition) is 2. The average molecular weight is 336 g/mol. The van der Waals surface area contributed by atoms with Crippen molar-refractivity contribution >= 4 is 0 Å². The average Bonchev–Trinajstić information content (AvgIpc) is 2.51. The highest BCUT2D eigenvalue weighted by atomic mass is 19.4. The summed E-state index contributed by atoms with van der Waals surface area (Å²) in [7, 11) is 0. The molecule has 0 saturated carbocycles. The van der Waals surface area contributed by atoms with Crippen molar-refractivity contribution in [3.63, 3.8) is 0 Å². The van der Waals surface area contributed by atoms with Gasteiger partial charge in [0.15, 0.2) is 0 Å². The summed E-state index contributed by atoms with van der Waals surface area (Å²) in [4.78, 5) is 7.83. The van der Waals surface area contributed by atoms with Gasteiger partial charge in [-0.15, -0.1) is 0 Å². The zero-order valence-electron chi connectivity index (χ0n) is 14.5. The van der Waals surface area contributed by atoms with E-state index in [1.807, 2.05) is 6.07 Å². The van der Waals surface area contributed by atoms with E-state index in [-0.39, 0.29) is 11.3 Å². The van der Waals surface area contributed by atoms with Gasteiger partial charge in [0.25, 0.3) is 0 Å². The number of halogens is 3. The van der Waals surface area contributed by atoms with Crippen LogP contribution in [-0.4, -0.2) is 9.97 Å². The molecule has 0 radical (unpaired) electrons. The molecule has 0 aliphatic heterocycles. The predicted octanol–water partition coefficient (Wildman–Crippen LogP) is 5.53. The summed E-state index contributed by atoms with van der Waals surface area (Å²) in [5, 5.41) is 0. The van der Waals surface area contributed by atoms with E-state index in [1.165, 1.54) is 11.8 Å². The summed E-state index contributed by atoms with van der Waals surface area (Å²) in [5.74, 6) is 0.176. The quantitative estimate of drug-likeness (QED) is 0.734. The van der Waals surface area contributed by atoms with E-state index in [0.717, 1.165) is 18.2 Å². The first kappa shape index (κ1) is 18.4. The standard InChI is InChI=1S/C19H23F3N2/c1-13(16-12-15(8-10-23-16)18(2,3)4)5-6-14-7-9-24-17(11-14)19(20,21)22/h7-13H,5-6H2,1-4H3. The van der Waals surface area contributed by atoms with Crippen LogP contribution in [0.3, 0.4) is 0 Å². The van der Waals surface area contributed by atoms with Crippen LogP contribution in [0.2, 0.25) is 0 Å². The molecular weight excluding hydrogens is 313 g/mol. The highest BCUT2D eigenvalue weighted by molar-refractivity contribution is 5.25. The number of aryl methyl sites for hydroxylation is 1. The van der Waals surface area contributed by atoms with Gasteiger partial charge in [-0.25, -0.2) is 0 Å². The highest BCUT2D eigenvalue weighted by Crippen LogP contribution is 2.29. The van der Waals surface area contributed by atoms with Gasteiger partial charge in [0.2, 0.25) is 0 Å². The molecule has 2 heterocycles. The molecule has 24 heavy (non-hydrogen) atoms. The van der Waals surface area contributed by atoms with E-state index in [1.54, 1.807) is 12.3 Å². The van der Waals surface area contributed by atoms with Crippen LogP contribution in [0.25, 0.3) is 0 Å². The summed E-state index contributed by atoms with van der Waals surface area (Å²) in [5.41, 5.74) is 2.05. The van der Waals surface area contributed by atoms with Gasteiger partial charge in [-0.3, -0.25) is 9.97 Å². The van der Waals surface area contributed by atoms with Crippen molar-refractivity contribution in [2.45, 2.75) is 58.0 Å².